The lowest BCUT2D eigenvalue weighted by molar-refractivity contribution is -0.890. The molecule has 0 saturated carbocycles. The summed E-state index contributed by atoms with van der Waals surface area (Å²) in [7, 11) is 2.18. The van der Waals surface area contributed by atoms with Gasteiger partial charge < -0.3 is 26.2 Å². The molecule has 1 saturated heterocycles. The summed E-state index contributed by atoms with van der Waals surface area (Å²) < 4.78 is 6.31. The van der Waals surface area contributed by atoms with Crippen molar-refractivity contribution in [2.45, 2.75) is 110 Å². The van der Waals surface area contributed by atoms with Crippen molar-refractivity contribution >= 4 is 5.97 Å². The number of hydrogen-bond donors (Lipinski definition) is 0. The number of nitrogens with zero attached hydrogens (tertiary/aromatic N) is 1. The summed E-state index contributed by atoms with van der Waals surface area (Å²) in [6.45, 7) is 5.74. The van der Waals surface area contributed by atoms with Gasteiger partial charge >= 0.3 is 5.97 Å². The maximum atomic E-state index is 11.9. The van der Waals surface area contributed by atoms with Gasteiger partial charge in [0.25, 0.3) is 0 Å². The standard InChI is InChI=1S/C23H46NO2.BrH/c1-3-4-5-6-7-8-9-10-11-12-13-14-15-18-21-26-23(25)22-24(2)19-16-17-20-24;/h3-22H2,1-2H3;1H/q+1;/p-1. The van der Waals surface area contributed by atoms with Crippen LogP contribution in [0.25, 0.3) is 0 Å². The summed E-state index contributed by atoms with van der Waals surface area (Å²) in [4.78, 5) is 11.9. The number of ether oxygens (including phenoxy) is 1. The molecule has 0 bridgehead atoms. The van der Waals surface area contributed by atoms with Crippen LogP contribution >= 0.6 is 0 Å². The Morgan fingerprint density at radius 2 is 1.15 bits per heavy atom. The minimum atomic E-state index is 0. The Hall–Kier alpha value is -0.0900. The lowest BCUT2D eigenvalue weighted by atomic mass is 10.0. The molecular weight excluding hydrogens is 402 g/mol. The van der Waals surface area contributed by atoms with Crippen molar-refractivity contribution in [3.63, 3.8) is 0 Å². The van der Waals surface area contributed by atoms with E-state index in [0.717, 1.165) is 24.0 Å². The van der Waals surface area contributed by atoms with E-state index in [1.807, 2.05) is 0 Å². The lowest BCUT2D eigenvalue weighted by Gasteiger charge is -2.27. The second-order valence-corrected chi connectivity index (χ2v) is 8.75. The van der Waals surface area contributed by atoms with Crippen LogP contribution in [0.5, 0.6) is 0 Å². The first-order valence-corrected chi connectivity index (χ1v) is 11.7. The van der Waals surface area contributed by atoms with Crippen molar-refractivity contribution in [1.29, 1.82) is 0 Å². The molecule has 1 fully saturated rings. The highest BCUT2D eigenvalue weighted by molar-refractivity contribution is 5.70. The van der Waals surface area contributed by atoms with Gasteiger partial charge in [0.15, 0.2) is 6.54 Å². The third kappa shape index (κ3) is 15.5. The van der Waals surface area contributed by atoms with Crippen LogP contribution < -0.4 is 17.0 Å². The number of carbonyl (C=O) groups excluding carboxylic acids is 1. The summed E-state index contributed by atoms with van der Waals surface area (Å²) in [5.41, 5.74) is 0. The molecule has 0 unspecified atom stereocenters. The van der Waals surface area contributed by atoms with E-state index in [1.165, 1.54) is 96.3 Å². The number of quaternary nitrogens is 1. The SMILES string of the molecule is CCCCCCCCCCCCCCCCOC(=O)C[N+]1(C)CCCC1.[Br-]. The summed E-state index contributed by atoms with van der Waals surface area (Å²) >= 11 is 0. The maximum Gasteiger partial charge on any atom is 0.361 e. The average Bonchev–Trinajstić information content (AvgIpc) is 3.04. The van der Waals surface area contributed by atoms with Crippen LogP contribution in [0.1, 0.15) is 110 Å². The van der Waals surface area contributed by atoms with Crippen LogP contribution in [0, 0.1) is 0 Å². The van der Waals surface area contributed by atoms with E-state index in [-0.39, 0.29) is 23.0 Å². The van der Waals surface area contributed by atoms with E-state index in [9.17, 15) is 4.79 Å². The average molecular weight is 449 g/mol. The number of unbranched alkanes of at least 4 members (excludes halogenated alkanes) is 13. The van der Waals surface area contributed by atoms with Crippen molar-refractivity contribution in [3.05, 3.63) is 0 Å². The minimum Gasteiger partial charge on any atom is -1.00 e. The molecule has 1 aliphatic heterocycles. The first-order valence-electron chi connectivity index (χ1n) is 11.7. The molecule has 0 aromatic rings. The van der Waals surface area contributed by atoms with E-state index >= 15 is 0 Å². The van der Waals surface area contributed by atoms with Gasteiger partial charge in [-0.2, -0.15) is 0 Å². The zero-order chi connectivity index (χ0) is 18.9. The van der Waals surface area contributed by atoms with E-state index in [0.29, 0.717) is 13.2 Å². The molecule has 0 aromatic heterocycles. The van der Waals surface area contributed by atoms with Crippen molar-refractivity contribution < 1.29 is 31.0 Å². The Balaban J connectivity index is 0.00000676. The van der Waals surface area contributed by atoms with Gasteiger partial charge in [0.2, 0.25) is 0 Å². The fourth-order valence-corrected chi connectivity index (χ4v) is 4.10. The lowest BCUT2D eigenvalue weighted by Crippen LogP contribution is -3.00. The van der Waals surface area contributed by atoms with E-state index < -0.39 is 0 Å². The Labute approximate surface area is 180 Å². The zero-order valence-electron chi connectivity index (χ0n) is 18.3. The quantitative estimate of drug-likeness (QED) is 0.194. The monoisotopic (exact) mass is 447 g/mol. The zero-order valence-corrected chi connectivity index (χ0v) is 19.9. The molecule has 0 amide bonds. The number of likely N-dealkylation sites (tertiary alicyclic amines) is 1. The van der Waals surface area contributed by atoms with Gasteiger partial charge in [-0.3, -0.25) is 0 Å². The molecular formula is C23H46BrNO2. The molecule has 1 aliphatic rings. The summed E-state index contributed by atoms with van der Waals surface area (Å²) in [5, 5.41) is 0. The smallest absolute Gasteiger partial charge is 0.361 e. The van der Waals surface area contributed by atoms with Gasteiger partial charge in [-0.1, -0.05) is 90.4 Å². The number of esters is 1. The predicted octanol–water partition coefficient (Wildman–Crippen LogP) is 3.26. The molecule has 3 nitrogen and oxygen atoms in total. The molecule has 0 aliphatic carbocycles. The van der Waals surface area contributed by atoms with Crippen molar-refractivity contribution in [2.75, 3.05) is 33.3 Å². The number of halogens is 1. The van der Waals surface area contributed by atoms with E-state index in [2.05, 4.69) is 14.0 Å². The number of rotatable bonds is 17. The van der Waals surface area contributed by atoms with Crippen LogP contribution in [0.2, 0.25) is 0 Å². The van der Waals surface area contributed by atoms with E-state index in [1.54, 1.807) is 0 Å². The van der Waals surface area contributed by atoms with Crippen molar-refractivity contribution in [3.8, 4) is 0 Å². The largest absolute Gasteiger partial charge is 1.00 e. The fraction of sp³-hybridized carbons (Fsp3) is 0.957. The number of hydrogen-bond acceptors (Lipinski definition) is 2. The highest BCUT2D eigenvalue weighted by Gasteiger charge is 2.30. The van der Waals surface area contributed by atoms with Crippen LogP contribution in [0.4, 0.5) is 0 Å². The minimum absolute atomic E-state index is 0. The summed E-state index contributed by atoms with van der Waals surface area (Å²) in [6, 6.07) is 0. The topological polar surface area (TPSA) is 26.3 Å². The Morgan fingerprint density at radius 3 is 1.59 bits per heavy atom. The van der Waals surface area contributed by atoms with Gasteiger partial charge in [0.05, 0.1) is 26.7 Å². The predicted molar refractivity (Wildman–Crippen MR) is 111 cm³/mol. The number of likely N-dealkylation sites (N-methyl/N-ethyl adjacent to an activating group) is 1. The first kappa shape index (κ1) is 26.9. The van der Waals surface area contributed by atoms with Crippen LogP contribution in [0.3, 0.4) is 0 Å². The normalized spacial score (nSPS) is 15.5. The molecule has 0 N–H and O–H groups in total. The maximum absolute atomic E-state index is 11.9. The van der Waals surface area contributed by atoms with Gasteiger partial charge in [-0.05, 0) is 6.42 Å². The molecule has 0 atom stereocenters. The highest BCUT2D eigenvalue weighted by atomic mass is 79.9. The summed E-state index contributed by atoms with van der Waals surface area (Å²) in [6.07, 6.45) is 21.5. The third-order valence-electron chi connectivity index (χ3n) is 5.92. The Bertz CT molecular complexity index is 343. The molecule has 0 radical (unpaired) electrons. The first-order chi connectivity index (χ1) is 12.7. The van der Waals surface area contributed by atoms with Gasteiger partial charge in [0.1, 0.15) is 0 Å². The van der Waals surface area contributed by atoms with Crippen LogP contribution in [-0.4, -0.2) is 43.7 Å². The molecule has 4 heteroatoms. The highest BCUT2D eigenvalue weighted by Crippen LogP contribution is 2.16. The molecule has 0 spiro atoms. The molecule has 0 aromatic carbocycles. The van der Waals surface area contributed by atoms with Crippen LogP contribution in [-0.2, 0) is 9.53 Å². The second kappa shape index (κ2) is 18.0. The Kier molecular flexibility index (Phi) is 17.9. The Morgan fingerprint density at radius 1 is 0.741 bits per heavy atom. The third-order valence-corrected chi connectivity index (χ3v) is 5.92. The van der Waals surface area contributed by atoms with Crippen molar-refractivity contribution in [2.24, 2.45) is 0 Å². The fourth-order valence-electron chi connectivity index (χ4n) is 4.10. The second-order valence-electron chi connectivity index (χ2n) is 8.75. The number of carbonyl (C=O) groups is 1. The van der Waals surface area contributed by atoms with Gasteiger partial charge in [-0.25, -0.2) is 4.79 Å². The van der Waals surface area contributed by atoms with E-state index in [4.69, 9.17) is 4.74 Å². The van der Waals surface area contributed by atoms with Gasteiger partial charge in [0, 0.05) is 12.8 Å². The molecule has 1 rings (SSSR count). The molecule has 1 heterocycles. The molecule has 162 valence electrons. The van der Waals surface area contributed by atoms with Crippen LogP contribution in [0.15, 0.2) is 0 Å². The van der Waals surface area contributed by atoms with Gasteiger partial charge in [-0.15, -0.1) is 0 Å². The molecule has 27 heavy (non-hydrogen) atoms. The van der Waals surface area contributed by atoms with Crippen molar-refractivity contribution in [1.82, 2.24) is 0 Å². The summed E-state index contributed by atoms with van der Waals surface area (Å²) in [5.74, 6) is 0.00379.